The quantitative estimate of drug-likeness (QED) is 0.592. The Hall–Kier alpha value is -2.58. The second kappa shape index (κ2) is 11.3. The standard InChI is InChI=1S/C24H33N3O4S/c1-3-27(22-10-6-5-7-11-22)32(29,30)26-18-8-9-21(19-26)24(28)25-17-16-20-12-14-23(15-13-20)31-4-2/h5-7,10-15,21H,3-4,8-9,16-19H2,1-2H3,(H,25,28). The predicted octanol–water partition coefficient (Wildman–Crippen LogP) is 3.23. The number of anilines is 1. The van der Waals surface area contributed by atoms with Crippen molar-refractivity contribution >= 4 is 21.8 Å². The number of benzene rings is 2. The largest absolute Gasteiger partial charge is 0.494 e. The second-order valence-electron chi connectivity index (χ2n) is 7.82. The summed E-state index contributed by atoms with van der Waals surface area (Å²) in [5.41, 5.74) is 1.75. The van der Waals surface area contributed by atoms with Crippen LogP contribution in [0.2, 0.25) is 0 Å². The third-order valence-electron chi connectivity index (χ3n) is 5.64. The SMILES string of the molecule is CCOc1ccc(CCNC(=O)C2CCCN(S(=O)(=O)N(CC)c3ccccc3)C2)cc1. The minimum Gasteiger partial charge on any atom is -0.494 e. The van der Waals surface area contributed by atoms with Crippen molar-refractivity contribution in [1.29, 1.82) is 0 Å². The van der Waals surface area contributed by atoms with E-state index in [4.69, 9.17) is 4.74 Å². The lowest BCUT2D eigenvalue weighted by molar-refractivity contribution is -0.126. The van der Waals surface area contributed by atoms with Crippen LogP contribution >= 0.6 is 0 Å². The summed E-state index contributed by atoms with van der Waals surface area (Å²) < 4.78 is 34.8. The first kappa shape index (κ1) is 24.1. The third-order valence-corrected chi connectivity index (χ3v) is 7.65. The number of amides is 1. The minimum absolute atomic E-state index is 0.0846. The Kier molecular flexibility index (Phi) is 8.53. The first-order chi connectivity index (χ1) is 15.5. The molecule has 2 aromatic carbocycles. The highest BCUT2D eigenvalue weighted by Gasteiger charge is 2.35. The van der Waals surface area contributed by atoms with E-state index in [1.54, 1.807) is 12.1 Å². The van der Waals surface area contributed by atoms with Crippen molar-refractivity contribution in [2.45, 2.75) is 33.1 Å². The summed E-state index contributed by atoms with van der Waals surface area (Å²) in [6.45, 7) is 5.89. The minimum atomic E-state index is -3.69. The number of rotatable bonds is 10. The van der Waals surface area contributed by atoms with Crippen LogP contribution in [0.5, 0.6) is 5.75 Å². The van der Waals surface area contributed by atoms with Crippen molar-refractivity contribution in [3.8, 4) is 5.75 Å². The molecule has 8 heteroatoms. The normalized spacial score (nSPS) is 17.0. The van der Waals surface area contributed by atoms with Crippen LogP contribution in [0.25, 0.3) is 0 Å². The molecule has 1 saturated heterocycles. The van der Waals surface area contributed by atoms with Crippen molar-refractivity contribution in [3.63, 3.8) is 0 Å². The molecule has 174 valence electrons. The van der Waals surface area contributed by atoms with Gasteiger partial charge in [-0.15, -0.1) is 0 Å². The van der Waals surface area contributed by atoms with Gasteiger partial charge in [0.1, 0.15) is 5.75 Å². The van der Waals surface area contributed by atoms with Crippen molar-refractivity contribution < 1.29 is 17.9 Å². The summed E-state index contributed by atoms with van der Waals surface area (Å²) in [5, 5.41) is 2.98. The van der Waals surface area contributed by atoms with Gasteiger partial charge in [0.25, 0.3) is 0 Å². The molecule has 32 heavy (non-hydrogen) atoms. The maximum atomic E-state index is 13.3. The van der Waals surface area contributed by atoms with Crippen LogP contribution in [0.15, 0.2) is 54.6 Å². The van der Waals surface area contributed by atoms with E-state index in [0.29, 0.717) is 51.2 Å². The lowest BCUT2D eigenvalue weighted by Gasteiger charge is -2.35. The van der Waals surface area contributed by atoms with E-state index in [1.807, 2.05) is 56.3 Å². The highest BCUT2D eigenvalue weighted by atomic mass is 32.2. The Morgan fingerprint density at radius 2 is 1.84 bits per heavy atom. The average Bonchev–Trinajstić information content (AvgIpc) is 2.81. The molecule has 1 N–H and O–H groups in total. The van der Waals surface area contributed by atoms with Crippen molar-refractivity contribution in [2.24, 2.45) is 5.92 Å². The van der Waals surface area contributed by atoms with Gasteiger partial charge in [-0.05, 0) is 62.9 Å². The van der Waals surface area contributed by atoms with Gasteiger partial charge in [-0.3, -0.25) is 9.10 Å². The van der Waals surface area contributed by atoms with Crippen LogP contribution in [0.3, 0.4) is 0 Å². The predicted molar refractivity (Wildman–Crippen MR) is 127 cm³/mol. The van der Waals surface area contributed by atoms with Crippen LogP contribution in [-0.2, 0) is 21.4 Å². The van der Waals surface area contributed by atoms with E-state index < -0.39 is 10.2 Å². The zero-order valence-corrected chi connectivity index (χ0v) is 19.7. The van der Waals surface area contributed by atoms with Gasteiger partial charge in [-0.1, -0.05) is 30.3 Å². The van der Waals surface area contributed by atoms with Crippen LogP contribution in [-0.4, -0.2) is 51.4 Å². The highest BCUT2D eigenvalue weighted by Crippen LogP contribution is 2.25. The second-order valence-corrected chi connectivity index (χ2v) is 9.68. The highest BCUT2D eigenvalue weighted by molar-refractivity contribution is 7.90. The van der Waals surface area contributed by atoms with E-state index in [2.05, 4.69) is 5.32 Å². The maximum Gasteiger partial charge on any atom is 0.304 e. The molecule has 1 aliphatic rings. The molecule has 0 aromatic heterocycles. The number of carbonyl (C=O) groups excluding carboxylic acids is 1. The summed E-state index contributed by atoms with van der Waals surface area (Å²) in [6, 6.07) is 16.9. The van der Waals surface area contributed by atoms with Gasteiger partial charge < -0.3 is 10.1 Å². The topological polar surface area (TPSA) is 79.0 Å². The third kappa shape index (κ3) is 6.01. The monoisotopic (exact) mass is 459 g/mol. The Morgan fingerprint density at radius 1 is 1.12 bits per heavy atom. The fourth-order valence-corrected chi connectivity index (χ4v) is 5.69. The van der Waals surface area contributed by atoms with Gasteiger partial charge in [0, 0.05) is 26.2 Å². The maximum absolute atomic E-state index is 13.3. The number of nitrogens with zero attached hydrogens (tertiary/aromatic N) is 2. The average molecular weight is 460 g/mol. The number of piperidine rings is 1. The summed E-state index contributed by atoms with van der Waals surface area (Å²) in [6.07, 6.45) is 2.07. The number of nitrogens with one attached hydrogen (secondary N) is 1. The molecule has 1 unspecified atom stereocenters. The number of hydrogen-bond acceptors (Lipinski definition) is 4. The van der Waals surface area contributed by atoms with Crippen molar-refractivity contribution in [3.05, 3.63) is 60.2 Å². The molecule has 0 spiro atoms. The summed E-state index contributed by atoms with van der Waals surface area (Å²) in [5.74, 6) is 0.410. The number of ether oxygens (including phenoxy) is 1. The summed E-state index contributed by atoms with van der Waals surface area (Å²) in [7, 11) is -3.69. The van der Waals surface area contributed by atoms with Crippen LogP contribution in [0.4, 0.5) is 5.69 Å². The number of hydrogen-bond donors (Lipinski definition) is 1. The van der Waals surface area contributed by atoms with Gasteiger partial charge in [0.05, 0.1) is 18.2 Å². The molecular formula is C24H33N3O4S. The molecule has 0 aliphatic carbocycles. The first-order valence-corrected chi connectivity index (χ1v) is 12.7. The molecule has 3 rings (SSSR count). The van der Waals surface area contributed by atoms with E-state index in [9.17, 15) is 13.2 Å². The van der Waals surface area contributed by atoms with E-state index in [-0.39, 0.29) is 18.4 Å². The molecule has 7 nitrogen and oxygen atoms in total. The van der Waals surface area contributed by atoms with Crippen LogP contribution < -0.4 is 14.4 Å². The zero-order chi connectivity index (χ0) is 23.0. The lowest BCUT2D eigenvalue weighted by atomic mass is 9.99. The molecule has 1 amide bonds. The zero-order valence-electron chi connectivity index (χ0n) is 18.9. The molecule has 1 aliphatic heterocycles. The van der Waals surface area contributed by atoms with Crippen molar-refractivity contribution in [1.82, 2.24) is 9.62 Å². The van der Waals surface area contributed by atoms with E-state index in [0.717, 1.165) is 11.3 Å². The fraction of sp³-hybridized carbons (Fsp3) is 0.458. The summed E-state index contributed by atoms with van der Waals surface area (Å²) in [4.78, 5) is 12.7. The molecular weight excluding hydrogens is 426 g/mol. The fourth-order valence-electron chi connectivity index (χ4n) is 3.97. The molecule has 0 saturated carbocycles. The Morgan fingerprint density at radius 3 is 2.50 bits per heavy atom. The van der Waals surface area contributed by atoms with Crippen molar-refractivity contribution in [2.75, 3.05) is 37.1 Å². The molecule has 2 aromatic rings. The number of carbonyl (C=O) groups is 1. The molecule has 0 radical (unpaired) electrons. The van der Waals surface area contributed by atoms with E-state index >= 15 is 0 Å². The Bertz CT molecular complexity index is 964. The number of para-hydroxylation sites is 1. The molecule has 1 atom stereocenters. The van der Waals surface area contributed by atoms with Gasteiger partial charge in [-0.25, -0.2) is 0 Å². The van der Waals surface area contributed by atoms with Crippen LogP contribution in [0.1, 0.15) is 32.3 Å². The van der Waals surface area contributed by atoms with Gasteiger partial charge in [0.2, 0.25) is 5.91 Å². The molecule has 1 fully saturated rings. The molecule has 1 heterocycles. The van der Waals surface area contributed by atoms with Gasteiger partial charge in [0.15, 0.2) is 0 Å². The van der Waals surface area contributed by atoms with E-state index in [1.165, 1.54) is 8.61 Å². The van der Waals surface area contributed by atoms with Gasteiger partial charge in [-0.2, -0.15) is 12.7 Å². The lowest BCUT2D eigenvalue weighted by Crippen LogP contribution is -2.50. The Labute approximate surface area is 191 Å². The Balaban J connectivity index is 1.55. The molecule has 0 bridgehead atoms. The van der Waals surface area contributed by atoms with Gasteiger partial charge >= 0.3 is 10.2 Å². The smallest absolute Gasteiger partial charge is 0.304 e. The summed E-state index contributed by atoms with van der Waals surface area (Å²) >= 11 is 0. The van der Waals surface area contributed by atoms with Crippen LogP contribution in [0, 0.1) is 5.92 Å². The first-order valence-electron chi connectivity index (χ1n) is 11.3.